The second-order valence-corrected chi connectivity index (χ2v) is 7.07. The molecule has 2 aromatic heterocycles. The highest BCUT2D eigenvalue weighted by Gasteiger charge is 2.13. The lowest BCUT2D eigenvalue weighted by atomic mass is 10.2. The van der Waals surface area contributed by atoms with Crippen molar-refractivity contribution in [3.63, 3.8) is 0 Å². The lowest BCUT2D eigenvalue weighted by Crippen LogP contribution is -2.39. The van der Waals surface area contributed by atoms with Crippen molar-refractivity contribution in [1.29, 1.82) is 0 Å². The van der Waals surface area contributed by atoms with Crippen molar-refractivity contribution in [3.8, 4) is 0 Å². The summed E-state index contributed by atoms with van der Waals surface area (Å²) in [5, 5.41) is 7.67. The molecule has 6 nitrogen and oxygen atoms in total. The topological polar surface area (TPSA) is 74.6 Å². The Labute approximate surface area is 167 Å². The van der Waals surface area contributed by atoms with Crippen LogP contribution in [0.15, 0.2) is 77.2 Å². The zero-order chi connectivity index (χ0) is 19.8. The predicted octanol–water partition coefficient (Wildman–Crippen LogP) is 4.49. The fourth-order valence-corrected chi connectivity index (χ4v) is 3.28. The molecule has 2 N–H and O–H groups in total. The quantitative estimate of drug-likeness (QED) is 0.552. The van der Waals surface area contributed by atoms with Crippen molar-refractivity contribution in [2.45, 2.75) is 13.1 Å². The minimum atomic E-state index is -0.306. The van der Waals surface area contributed by atoms with Gasteiger partial charge in [-0.15, -0.1) is 17.9 Å². The third kappa shape index (κ3) is 5.34. The van der Waals surface area contributed by atoms with E-state index in [1.54, 1.807) is 46.6 Å². The van der Waals surface area contributed by atoms with E-state index in [1.807, 2.05) is 29.6 Å². The third-order valence-corrected chi connectivity index (χ3v) is 4.83. The van der Waals surface area contributed by atoms with E-state index in [0.29, 0.717) is 25.3 Å². The van der Waals surface area contributed by atoms with Gasteiger partial charge in [-0.2, -0.15) is 0 Å². The van der Waals surface area contributed by atoms with E-state index < -0.39 is 0 Å². The molecule has 0 aliphatic carbocycles. The van der Waals surface area contributed by atoms with Crippen LogP contribution in [0.4, 0.5) is 10.5 Å². The molecule has 0 atom stereocenters. The summed E-state index contributed by atoms with van der Waals surface area (Å²) >= 11 is 1.62. The third-order valence-electron chi connectivity index (χ3n) is 3.96. The molecular weight excluding hydrogens is 374 g/mol. The van der Waals surface area contributed by atoms with Gasteiger partial charge in [0.05, 0.1) is 12.8 Å². The van der Waals surface area contributed by atoms with Crippen molar-refractivity contribution < 1.29 is 14.0 Å². The molecule has 0 spiro atoms. The second-order valence-electron chi connectivity index (χ2n) is 6.04. The van der Waals surface area contributed by atoms with Gasteiger partial charge in [-0.1, -0.05) is 24.3 Å². The first-order chi connectivity index (χ1) is 13.7. The van der Waals surface area contributed by atoms with E-state index in [1.165, 1.54) is 6.26 Å². The number of urea groups is 1. The molecule has 0 saturated carbocycles. The fourth-order valence-electron chi connectivity index (χ4n) is 2.56. The first kappa shape index (κ1) is 19.4. The number of nitrogens with one attached hydrogen (secondary N) is 2. The summed E-state index contributed by atoms with van der Waals surface area (Å²) < 4.78 is 5.07. The van der Waals surface area contributed by atoms with Gasteiger partial charge < -0.3 is 20.0 Å². The van der Waals surface area contributed by atoms with Gasteiger partial charge in [0.1, 0.15) is 0 Å². The highest BCUT2D eigenvalue weighted by Crippen LogP contribution is 2.14. The molecule has 0 bridgehead atoms. The molecule has 2 heterocycles. The molecule has 0 unspecified atom stereocenters. The summed E-state index contributed by atoms with van der Waals surface area (Å²) in [6.07, 6.45) is 3.17. The Morgan fingerprint density at radius 1 is 1.14 bits per heavy atom. The lowest BCUT2D eigenvalue weighted by molar-refractivity contribution is 0.0996. The van der Waals surface area contributed by atoms with Gasteiger partial charge in [-0.05, 0) is 41.3 Å². The number of furan rings is 1. The Bertz CT molecular complexity index is 903. The summed E-state index contributed by atoms with van der Waals surface area (Å²) in [5.74, 6) is -0.0518. The molecular formula is C21H21N3O3S. The van der Waals surface area contributed by atoms with Crippen molar-refractivity contribution >= 4 is 29.0 Å². The number of hydrogen-bond acceptors (Lipinski definition) is 4. The van der Waals surface area contributed by atoms with E-state index in [9.17, 15) is 9.59 Å². The van der Waals surface area contributed by atoms with Crippen LogP contribution in [-0.2, 0) is 13.1 Å². The van der Waals surface area contributed by atoms with Crippen LogP contribution in [0.5, 0.6) is 0 Å². The molecule has 0 saturated heterocycles. The van der Waals surface area contributed by atoms with Crippen molar-refractivity contribution in [3.05, 3.63) is 89.0 Å². The standard InChI is InChI=1S/C21H21N3O3S/c1-2-11-24(15-18-5-4-13-28-18)21(26)22-14-16-7-9-17(10-8-16)23-20(25)19-6-3-12-27-19/h2-10,12-13H,1,11,14-15H2,(H,22,26)(H,23,25). The number of nitrogens with zero attached hydrogens (tertiary/aromatic N) is 1. The van der Waals surface area contributed by atoms with Gasteiger partial charge in [0.15, 0.2) is 5.76 Å². The van der Waals surface area contributed by atoms with Gasteiger partial charge >= 0.3 is 6.03 Å². The normalized spacial score (nSPS) is 10.3. The minimum Gasteiger partial charge on any atom is -0.459 e. The van der Waals surface area contributed by atoms with Gasteiger partial charge in [0.25, 0.3) is 5.91 Å². The number of thiophene rings is 1. The Hall–Kier alpha value is -3.32. The number of benzene rings is 1. The highest BCUT2D eigenvalue weighted by molar-refractivity contribution is 7.09. The van der Waals surface area contributed by atoms with Gasteiger partial charge in [0, 0.05) is 23.7 Å². The van der Waals surface area contributed by atoms with Crippen LogP contribution in [0.3, 0.4) is 0 Å². The Balaban J connectivity index is 1.52. The molecule has 3 aromatic rings. The smallest absolute Gasteiger partial charge is 0.318 e. The van der Waals surface area contributed by atoms with Crippen molar-refractivity contribution in [2.24, 2.45) is 0 Å². The van der Waals surface area contributed by atoms with Crippen LogP contribution in [-0.4, -0.2) is 23.4 Å². The van der Waals surface area contributed by atoms with Crippen LogP contribution in [0.2, 0.25) is 0 Å². The maximum absolute atomic E-state index is 12.5. The van der Waals surface area contributed by atoms with E-state index >= 15 is 0 Å². The van der Waals surface area contributed by atoms with Crippen LogP contribution < -0.4 is 10.6 Å². The van der Waals surface area contributed by atoms with Crippen LogP contribution >= 0.6 is 11.3 Å². The largest absolute Gasteiger partial charge is 0.459 e. The van der Waals surface area contributed by atoms with Crippen molar-refractivity contribution in [1.82, 2.24) is 10.2 Å². The average Bonchev–Trinajstić information content (AvgIpc) is 3.41. The maximum atomic E-state index is 12.5. The number of carbonyl (C=O) groups excluding carboxylic acids is 2. The average molecular weight is 395 g/mol. The number of amides is 3. The van der Waals surface area contributed by atoms with Crippen LogP contribution in [0.25, 0.3) is 0 Å². The van der Waals surface area contributed by atoms with Gasteiger partial charge in [-0.25, -0.2) is 4.79 Å². The van der Waals surface area contributed by atoms with E-state index in [-0.39, 0.29) is 17.7 Å². The van der Waals surface area contributed by atoms with Crippen molar-refractivity contribution in [2.75, 3.05) is 11.9 Å². The fraction of sp³-hybridized carbons (Fsp3) is 0.143. The van der Waals surface area contributed by atoms with Gasteiger partial charge in [0.2, 0.25) is 0 Å². The summed E-state index contributed by atoms with van der Waals surface area (Å²) in [6, 6.07) is 14.4. The Morgan fingerprint density at radius 2 is 1.96 bits per heavy atom. The first-order valence-electron chi connectivity index (χ1n) is 8.75. The van der Waals surface area contributed by atoms with Crippen LogP contribution in [0, 0.1) is 0 Å². The number of hydrogen-bond donors (Lipinski definition) is 2. The number of carbonyl (C=O) groups is 2. The summed E-state index contributed by atoms with van der Waals surface area (Å²) in [7, 11) is 0. The number of rotatable bonds is 8. The van der Waals surface area contributed by atoms with Gasteiger partial charge in [-0.3, -0.25) is 4.79 Å². The molecule has 144 valence electrons. The zero-order valence-corrected chi connectivity index (χ0v) is 16.1. The SMILES string of the molecule is C=CCN(Cc1cccs1)C(=O)NCc1ccc(NC(=O)c2ccco2)cc1. The second kappa shape index (κ2) is 9.57. The van der Waals surface area contributed by atoms with E-state index in [4.69, 9.17) is 4.42 Å². The van der Waals surface area contributed by atoms with E-state index in [2.05, 4.69) is 17.2 Å². The molecule has 28 heavy (non-hydrogen) atoms. The summed E-state index contributed by atoms with van der Waals surface area (Å²) in [4.78, 5) is 27.3. The zero-order valence-electron chi connectivity index (χ0n) is 15.3. The van der Waals surface area contributed by atoms with Crippen LogP contribution in [0.1, 0.15) is 21.0 Å². The molecule has 7 heteroatoms. The maximum Gasteiger partial charge on any atom is 0.318 e. The molecule has 0 radical (unpaired) electrons. The minimum absolute atomic E-state index is 0.150. The molecule has 0 aliphatic heterocycles. The molecule has 3 amide bonds. The highest BCUT2D eigenvalue weighted by atomic mass is 32.1. The summed E-state index contributed by atoms with van der Waals surface area (Å²) in [6.45, 7) is 5.14. The molecule has 1 aromatic carbocycles. The molecule has 0 aliphatic rings. The first-order valence-corrected chi connectivity index (χ1v) is 9.63. The summed E-state index contributed by atoms with van der Waals surface area (Å²) in [5.41, 5.74) is 1.58. The predicted molar refractivity (Wildman–Crippen MR) is 110 cm³/mol. The molecule has 0 fully saturated rings. The Kier molecular flexibility index (Phi) is 6.64. The number of anilines is 1. The monoisotopic (exact) mass is 395 g/mol. The molecule has 3 rings (SSSR count). The van der Waals surface area contributed by atoms with E-state index in [0.717, 1.165) is 10.4 Å². The Morgan fingerprint density at radius 3 is 2.61 bits per heavy atom. The lowest BCUT2D eigenvalue weighted by Gasteiger charge is -2.21.